The Balaban J connectivity index is 2.43. The Kier molecular flexibility index (Phi) is 2.48. The van der Waals surface area contributed by atoms with Gasteiger partial charge in [-0.3, -0.25) is 14.6 Å². The predicted molar refractivity (Wildman–Crippen MR) is 73.5 cm³/mol. The number of para-hydroxylation sites is 1. The highest BCUT2D eigenvalue weighted by atomic mass is 32.1. The van der Waals surface area contributed by atoms with Crippen molar-refractivity contribution in [1.29, 1.82) is 0 Å². The third-order valence-electron chi connectivity index (χ3n) is 2.92. The molecule has 0 aliphatic rings. The van der Waals surface area contributed by atoms with E-state index in [1.807, 2.05) is 42.7 Å². The van der Waals surface area contributed by atoms with Gasteiger partial charge in [-0.15, -0.1) is 0 Å². The summed E-state index contributed by atoms with van der Waals surface area (Å²) < 4.78 is 2.49. The molecule has 4 nitrogen and oxygen atoms in total. The lowest BCUT2D eigenvalue weighted by molar-refractivity contribution is 0.966. The minimum Gasteiger partial charge on any atom is -0.270 e. The van der Waals surface area contributed by atoms with Gasteiger partial charge in [0.1, 0.15) is 5.82 Å². The molecule has 0 saturated carbocycles. The van der Waals surface area contributed by atoms with Crippen LogP contribution in [0.15, 0.2) is 30.3 Å². The Morgan fingerprint density at radius 2 is 2.00 bits per heavy atom. The van der Waals surface area contributed by atoms with Gasteiger partial charge in [-0.25, -0.2) is 0 Å². The van der Waals surface area contributed by atoms with E-state index in [0.717, 1.165) is 28.1 Å². The third kappa shape index (κ3) is 1.64. The van der Waals surface area contributed by atoms with Crippen LogP contribution >= 0.6 is 12.2 Å². The van der Waals surface area contributed by atoms with Crippen LogP contribution in [0.1, 0.15) is 11.5 Å². The molecule has 0 saturated heterocycles. The fourth-order valence-corrected chi connectivity index (χ4v) is 2.34. The summed E-state index contributed by atoms with van der Waals surface area (Å²) in [5.74, 6) is 0.829. The number of hydrogen-bond acceptors (Lipinski definition) is 3. The fraction of sp³-hybridized carbons (Fsp3) is 0.154. The quantitative estimate of drug-likeness (QED) is 0.680. The number of pyridine rings is 1. The highest BCUT2D eigenvalue weighted by Gasteiger charge is 2.09. The summed E-state index contributed by atoms with van der Waals surface area (Å²) in [4.78, 5) is 4.60. The summed E-state index contributed by atoms with van der Waals surface area (Å²) in [6.07, 6.45) is 0. The summed E-state index contributed by atoms with van der Waals surface area (Å²) >= 11 is 5.27. The molecular formula is C13H12N4S. The number of aromatic amines is 1. The van der Waals surface area contributed by atoms with E-state index in [9.17, 15) is 0 Å². The molecule has 0 spiro atoms. The third-order valence-corrected chi connectivity index (χ3v) is 3.19. The van der Waals surface area contributed by atoms with E-state index in [2.05, 4.69) is 21.2 Å². The zero-order valence-electron chi connectivity index (χ0n) is 10.1. The Bertz CT molecular complexity index is 785. The molecular weight excluding hydrogens is 244 g/mol. The maximum Gasteiger partial charge on any atom is 0.199 e. The van der Waals surface area contributed by atoms with Crippen LogP contribution in [0, 0.1) is 18.6 Å². The number of nitrogens with zero attached hydrogens (tertiary/aromatic N) is 3. The van der Waals surface area contributed by atoms with Crippen LogP contribution in [0.5, 0.6) is 0 Å². The van der Waals surface area contributed by atoms with Gasteiger partial charge in [0.25, 0.3) is 0 Å². The summed E-state index contributed by atoms with van der Waals surface area (Å²) in [7, 11) is 0. The van der Waals surface area contributed by atoms with Crippen LogP contribution in [-0.2, 0) is 0 Å². The normalized spacial score (nSPS) is 11.0. The molecule has 0 aliphatic carbocycles. The van der Waals surface area contributed by atoms with E-state index >= 15 is 0 Å². The smallest absolute Gasteiger partial charge is 0.199 e. The molecule has 5 heteroatoms. The number of benzene rings is 1. The van der Waals surface area contributed by atoms with Crippen LogP contribution in [-0.4, -0.2) is 19.7 Å². The lowest BCUT2D eigenvalue weighted by Gasteiger charge is -2.08. The summed E-state index contributed by atoms with van der Waals surface area (Å²) in [6.45, 7) is 3.90. The van der Waals surface area contributed by atoms with Crippen molar-refractivity contribution in [2.75, 3.05) is 0 Å². The van der Waals surface area contributed by atoms with Crippen LogP contribution in [0.3, 0.4) is 0 Å². The van der Waals surface area contributed by atoms with E-state index in [1.165, 1.54) is 0 Å². The molecule has 0 fully saturated rings. The van der Waals surface area contributed by atoms with E-state index in [1.54, 1.807) is 0 Å². The highest BCUT2D eigenvalue weighted by molar-refractivity contribution is 7.71. The van der Waals surface area contributed by atoms with E-state index < -0.39 is 0 Å². The van der Waals surface area contributed by atoms with Gasteiger partial charge in [-0.1, -0.05) is 18.2 Å². The Morgan fingerprint density at radius 1 is 1.17 bits per heavy atom. The average molecular weight is 256 g/mol. The first-order chi connectivity index (χ1) is 8.66. The SMILES string of the molecule is Cc1ccc2cccc(-n3c(C)n[nH]c3=S)c2n1. The summed E-state index contributed by atoms with van der Waals surface area (Å²) in [5.41, 5.74) is 2.90. The standard InChI is InChI=1S/C13H12N4S/c1-8-6-7-10-4-3-5-11(12(10)14-8)17-9(2)15-16-13(17)18/h3-7H,1-2H3,(H,16,18). The van der Waals surface area contributed by atoms with Gasteiger partial charge in [0, 0.05) is 11.1 Å². The monoisotopic (exact) mass is 256 g/mol. The van der Waals surface area contributed by atoms with Gasteiger partial charge in [0.05, 0.1) is 11.2 Å². The van der Waals surface area contributed by atoms with Gasteiger partial charge < -0.3 is 0 Å². The molecule has 0 amide bonds. The van der Waals surface area contributed by atoms with Gasteiger partial charge in [0.15, 0.2) is 4.77 Å². The highest BCUT2D eigenvalue weighted by Crippen LogP contribution is 2.21. The Labute approximate surface area is 109 Å². The second-order valence-electron chi connectivity index (χ2n) is 4.21. The molecule has 0 aliphatic heterocycles. The summed E-state index contributed by atoms with van der Waals surface area (Å²) in [5, 5.41) is 8.04. The maximum absolute atomic E-state index is 5.27. The number of rotatable bonds is 1. The first-order valence-corrected chi connectivity index (χ1v) is 6.08. The van der Waals surface area contributed by atoms with Gasteiger partial charge >= 0.3 is 0 Å². The molecule has 1 aromatic carbocycles. The van der Waals surface area contributed by atoms with Crippen molar-refractivity contribution in [3.63, 3.8) is 0 Å². The zero-order valence-corrected chi connectivity index (χ0v) is 11.0. The lowest BCUT2D eigenvalue weighted by atomic mass is 10.1. The fourth-order valence-electron chi connectivity index (χ4n) is 2.07. The maximum atomic E-state index is 5.27. The second kappa shape index (κ2) is 4.03. The predicted octanol–water partition coefficient (Wildman–Crippen LogP) is 3.09. The molecule has 2 aromatic heterocycles. The molecule has 3 aromatic rings. The van der Waals surface area contributed by atoms with Gasteiger partial charge in [-0.05, 0) is 38.2 Å². The van der Waals surface area contributed by atoms with Crippen molar-refractivity contribution in [2.24, 2.45) is 0 Å². The van der Waals surface area contributed by atoms with Crippen LogP contribution < -0.4 is 0 Å². The van der Waals surface area contributed by atoms with Crippen molar-refractivity contribution in [1.82, 2.24) is 19.7 Å². The van der Waals surface area contributed by atoms with Crippen molar-refractivity contribution in [2.45, 2.75) is 13.8 Å². The first-order valence-electron chi connectivity index (χ1n) is 5.67. The molecule has 0 atom stereocenters. The van der Waals surface area contributed by atoms with Gasteiger partial charge in [-0.2, -0.15) is 5.10 Å². The number of aryl methyl sites for hydroxylation is 2. The first kappa shape index (κ1) is 11.1. The molecule has 1 N–H and O–H groups in total. The molecule has 0 radical (unpaired) electrons. The molecule has 2 heterocycles. The van der Waals surface area contributed by atoms with E-state index in [-0.39, 0.29) is 0 Å². The Morgan fingerprint density at radius 3 is 2.72 bits per heavy atom. The molecule has 90 valence electrons. The van der Waals surface area contributed by atoms with E-state index in [4.69, 9.17) is 12.2 Å². The number of hydrogen-bond donors (Lipinski definition) is 1. The lowest BCUT2D eigenvalue weighted by Crippen LogP contribution is -1.99. The van der Waals surface area contributed by atoms with E-state index in [0.29, 0.717) is 4.77 Å². The summed E-state index contributed by atoms with van der Waals surface area (Å²) in [6, 6.07) is 10.1. The number of H-pyrrole nitrogens is 1. The van der Waals surface area contributed by atoms with Crippen molar-refractivity contribution < 1.29 is 0 Å². The van der Waals surface area contributed by atoms with Crippen LogP contribution in [0.4, 0.5) is 0 Å². The van der Waals surface area contributed by atoms with Gasteiger partial charge in [0.2, 0.25) is 0 Å². The average Bonchev–Trinajstić information content (AvgIpc) is 2.68. The Hall–Kier alpha value is -2.01. The molecule has 0 unspecified atom stereocenters. The molecule has 18 heavy (non-hydrogen) atoms. The minimum absolute atomic E-state index is 0.586. The van der Waals surface area contributed by atoms with Crippen LogP contribution in [0.2, 0.25) is 0 Å². The minimum atomic E-state index is 0.586. The number of nitrogens with one attached hydrogen (secondary N) is 1. The van der Waals surface area contributed by atoms with Crippen molar-refractivity contribution >= 4 is 23.1 Å². The molecule has 0 bridgehead atoms. The topological polar surface area (TPSA) is 46.5 Å². The van der Waals surface area contributed by atoms with Crippen LogP contribution in [0.25, 0.3) is 16.6 Å². The number of aromatic nitrogens is 4. The zero-order chi connectivity index (χ0) is 12.7. The largest absolute Gasteiger partial charge is 0.270 e. The molecule has 3 rings (SSSR count). The van der Waals surface area contributed by atoms with Crippen molar-refractivity contribution in [3.8, 4) is 5.69 Å². The number of fused-ring (bicyclic) bond motifs is 1. The van der Waals surface area contributed by atoms with Crippen molar-refractivity contribution in [3.05, 3.63) is 46.6 Å². The second-order valence-corrected chi connectivity index (χ2v) is 4.60.